The van der Waals surface area contributed by atoms with Gasteiger partial charge in [-0.3, -0.25) is 19.2 Å². The highest BCUT2D eigenvalue weighted by atomic mass is 16.6. The summed E-state index contributed by atoms with van der Waals surface area (Å²) in [5.74, 6) is -3.90. The SMILES string of the molecule is CC(=O)NC(Cc1ccccc1)C(=O)OC(CC(=O)O)C1C(OC(C)=O)CCN1C(=O)C(N)C(C)C. The molecular formula is C25H35N3O8. The first kappa shape index (κ1) is 28.8. The van der Waals surface area contributed by atoms with E-state index in [1.807, 2.05) is 0 Å². The van der Waals surface area contributed by atoms with Crippen LogP contribution in [0.4, 0.5) is 0 Å². The molecule has 0 aromatic heterocycles. The van der Waals surface area contributed by atoms with Crippen molar-refractivity contribution in [2.45, 2.75) is 77.3 Å². The van der Waals surface area contributed by atoms with Gasteiger partial charge >= 0.3 is 17.9 Å². The molecule has 5 atom stereocenters. The highest BCUT2D eigenvalue weighted by molar-refractivity contribution is 5.85. The molecule has 1 heterocycles. The number of nitrogens with zero attached hydrogens (tertiary/aromatic N) is 1. The number of carboxylic acid groups (broad SMARTS) is 1. The fourth-order valence-corrected chi connectivity index (χ4v) is 4.23. The zero-order chi connectivity index (χ0) is 27.0. The third-order valence-corrected chi connectivity index (χ3v) is 5.97. The van der Waals surface area contributed by atoms with E-state index in [0.29, 0.717) is 0 Å². The molecule has 0 radical (unpaired) electrons. The number of aliphatic carboxylic acids is 1. The lowest BCUT2D eigenvalue weighted by molar-refractivity contribution is -0.167. The zero-order valence-electron chi connectivity index (χ0n) is 21.0. The molecular weight excluding hydrogens is 470 g/mol. The maximum atomic E-state index is 13.2. The van der Waals surface area contributed by atoms with Crippen LogP contribution in [0.3, 0.4) is 0 Å². The molecule has 198 valence electrons. The Morgan fingerprint density at radius 2 is 1.78 bits per heavy atom. The van der Waals surface area contributed by atoms with Crippen molar-refractivity contribution in [3.63, 3.8) is 0 Å². The number of nitrogens with two attached hydrogens (primary N) is 1. The molecule has 2 rings (SSSR count). The maximum Gasteiger partial charge on any atom is 0.329 e. The molecule has 11 nitrogen and oxygen atoms in total. The smallest absolute Gasteiger partial charge is 0.329 e. The molecule has 11 heteroatoms. The molecule has 0 saturated carbocycles. The Kier molecular flexibility index (Phi) is 10.4. The van der Waals surface area contributed by atoms with Crippen LogP contribution >= 0.6 is 0 Å². The summed E-state index contributed by atoms with van der Waals surface area (Å²) in [7, 11) is 0. The van der Waals surface area contributed by atoms with Gasteiger partial charge in [-0.15, -0.1) is 0 Å². The van der Waals surface area contributed by atoms with E-state index in [0.717, 1.165) is 5.56 Å². The number of carboxylic acids is 1. The van der Waals surface area contributed by atoms with Gasteiger partial charge in [0.2, 0.25) is 11.8 Å². The van der Waals surface area contributed by atoms with Crippen molar-refractivity contribution in [2.75, 3.05) is 6.54 Å². The van der Waals surface area contributed by atoms with E-state index in [4.69, 9.17) is 15.2 Å². The minimum absolute atomic E-state index is 0.109. The predicted octanol–water partition coefficient (Wildman–Crippen LogP) is 0.636. The highest BCUT2D eigenvalue weighted by Crippen LogP contribution is 2.29. The first-order chi connectivity index (χ1) is 16.9. The fourth-order valence-electron chi connectivity index (χ4n) is 4.23. The minimum Gasteiger partial charge on any atom is -0.481 e. The van der Waals surface area contributed by atoms with Gasteiger partial charge in [-0.1, -0.05) is 44.2 Å². The molecule has 1 saturated heterocycles. The number of ether oxygens (including phenoxy) is 2. The van der Waals surface area contributed by atoms with Crippen molar-refractivity contribution >= 4 is 29.7 Å². The van der Waals surface area contributed by atoms with Crippen LogP contribution in [0.15, 0.2) is 30.3 Å². The maximum absolute atomic E-state index is 13.2. The molecule has 1 aliphatic heterocycles. The van der Waals surface area contributed by atoms with Crippen molar-refractivity contribution in [3.8, 4) is 0 Å². The van der Waals surface area contributed by atoms with Crippen molar-refractivity contribution < 1.29 is 38.6 Å². The largest absolute Gasteiger partial charge is 0.481 e. The van der Waals surface area contributed by atoms with Gasteiger partial charge in [0.1, 0.15) is 24.3 Å². The summed E-state index contributed by atoms with van der Waals surface area (Å²) in [6.07, 6.45) is -2.55. The first-order valence-corrected chi connectivity index (χ1v) is 11.9. The number of benzene rings is 1. The Hall–Kier alpha value is -3.47. The van der Waals surface area contributed by atoms with Crippen LogP contribution in [0.1, 0.15) is 46.1 Å². The molecule has 0 spiro atoms. The van der Waals surface area contributed by atoms with Crippen LogP contribution in [-0.4, -0.2) is 76.6 Å². The average Bonchev–Trinajstić information content (AvgIpc) is 3.19. The van der Waals surface area contributed by atoms with E-state index in [-0.39, 0.29) is 25.3 Å². The third-order valence-electron chi connectivity index (χ3n) is 5.97. The van der Waals surface area contributed by atoms with Crippen molar-refractivity contribution in [2.24, 2.45) is 11.7 Å². The summed E-state index contributed by atoms with van der Waals surface area (Å²) < 4.78 is 11.0. The lowest BCUT2D eigenvalue weighted by Crippen LogP contribution is -2.56. The van der Waals surface area contributed by atoms with E-state index in [9.17, 15) is 29.1 Å². The monoisotopic (exact) mass is 505 g/mol. The molecule has 1 aliphatic rings. The summed E-state index contributed by atoms with van der Waals surface area (Å²) >= 11 is 0. The van der Waals surface area contributed by atoms with Gasteiger partial charge in [-0.2, -0.15) is 0 Å². The topological polar surface area (TPSA) is 165 Å². The normalized spacial score (nSPS) is 19.8. The molecule has 0 bridgehead atoms. The number of esters is 2. The third kappa shape index (κ3) is 8.04. The van der Waals surface area contributed by atoms with E-state index in [1.165, 1.54) is 18.7 Å². The number of hydrogen-bond donors (Lipinski definition) is 3. The van der Waals surface area contributed by atoms with E-state index in [2.05, 4.69) is 5.32 Å². The zero-order valence-corrected chi connectivity index (χ0v) is 21.0. The van der Waals surface area contributed by atoms with Crippen molar-refractivity contribution in [1.82, 2.24) is 10.2 Å². The lowest BCUT2D eigenvalue weighted by Gasteiger charge is -2.35. The first-order valence-electron chi connectivity index (χ1n) is 11.9. The number of hydrogen-bond acceptors (Lipinski definition) is 8. The molecule has 0 aliphatic carbocycles. The number of nitrogens with one attached hydrogen (secondary N) is 1. The molecule has 1 aromatic rings. The number of rotatable bonds is 11. The summed E-state index contributed by atoms with van der Waals surface area (Å²) in [6.45, 7) is 6.14. The molecule has 36 heavy (non-hydrogen) atoms. The summed E-state index contributed by atoms with van der Waals surface area (Å²) in [6, 6.07) is 5.88. The Labute approximate surface area is 210 Å². The van der Waals surface area contributed by atoms with Gasteiger partial charge < -0.3 is 30.5 Å². The van der Waals surface area contributed by atoms with Gasteiger partial charge in [0.25, 0.3) is 0 Å². The van der Waals surface area contributed by atoms with Crippen LogP contribution < -0.4 is 11.1 Å². The van der Waals surface area contributed by atoms with Gasteiger partial charge in [0, 0.05) is 33.2 Å². The molecule has 4 N–H and O–H groups in total. The molecule has 1 aromatic carbocycles. The van der Waals surface area contributed by atoms with Crippen LogP contribution in [0, 0.1) is 5.92 Å². The number of carbonyl (C=O) groups excluding carboxylic acids is 4. The second-order valence-corrected chi connectivity index (χ2v) is 9.24. The molecule has 2 amide bonds. The standard InChI is InChI=1S/C25H35N3O8/c1-14(2)22(26)24(33)28-11-10-19(35-16(4)30)23(28)20(13-21(31)32)36-25(34)18(27-15(3)29)12-17-8-6-5-7-9-17/h5-9,14,18-20,22-23H,10-13,26H2,1-4H3,(H,27,29)(H,31,32). The Morgan fingerprint density at radius 3 is 2.31 bits per heavy atom. The van der Waals surface area contributed by atoms with Gasteiger partial charge in [0.05, 0.1) is 12.5 Å². The van der Waals surface area contributed by atoms with Crippen LogP contribution in [-0.2, 0) is 39.9 Å². The van der Waals surface area contributed by atoms with Crippen molar-refractivity contribution in [1.29, 1.82) is 0 Å². The van der Waals surface area contributed by atoms with Crippen LogP contribution in [0.2, 0.25) is 0 Å². The number of carbonyl (C=O) groups is 5. The fraction of sp³-hybridized carbons (Fsp3) is 0.560. The van der Waals surface area contributed by atoms with E-state index < -0.39 is 66.5 Å². The summed E-state index contributed by atoms with van der Waals surface area (Å²) in [5, 5.41) is 12.1. The van der Waals surface area contributed by atoms with E-state index >= 15 is 0 Å². The summed E-state index contributed by atoms with van der Waals surface area (Å²) in [4.78, 5) is 63.0. The quantitative estimate of drug-likeness (QED) is 0.366. The molecule has 5 unspecified atom stereocenters. The highest BCUT2D eigenvalue weighted by Gasteiger charge is 2.47. The Morgan fingerprint density at radius 1 is 1.14 bits per heavy atom. The molecule has 1 fully saturated rings. The Bertz CT molecular complexity index is 952. The predicted molar refractivity (Wildman–Crippen MR) is 128 cm³/mol. The second kappa shape index (κ2) is 13.0. The Balaban J connectivity index is 2.38. The number of amides is 2. The van der Waals surface area contributed by atoms with Crippen molar-refractivity contribution in [3.05, 3.63) is 35.9 Å². The second-order valence-electron chi connectivity index (χ2n) is 9.24. The van der Waals surface area contributed by atoms with Crippen LogP contribution in [0.5, 0.6) is 0 Å². The van der Waals surface area contributed by atoms with Gasteiger partial charge in [-0.25, -0.2) is 4.79 Å². The van der Waals surface area contributed by atoms with E-state index in [1.54, 1.807) is 44.2 Å². The average molecular weight is 506 g/mol. The minimum atomic E-state index is -1.35. The lowest BCUT2D eigenvalue weighted by atomic mass is 9.99. The number of likely N-dealkylation sites (tertiary alicyclic amines) is 1. The van der Waals surface area contributed by atoms with Gasteiger partial charge in [0.15, 0.2) is 0 Å². The van der Waals surface area contributed by atoms with Crippen LogP contribution in [0.25, 0.3) is 0 Å². The summed E-state index contributed by atoms with van der Waals surface area (Å²) in [5.41, 5.74) is 6.82. The van der Waals surface area contributed by atoms with Gasteiger partial charge in [-0.05, 0) is 11.5 Å².